The van der Waals surface area contributed by atoms with Crippen LogP contribution in [0, 0.1) is 5.92 Å². The van der Waals surface area contributed by atoms with Gasteiger partial charge >= 0.3 is 6.18 Å². The number of carbonyl (C=O) groups is 1. The van der Waals surface area contributed by atoms with E-state index >= 15 is 0 Å². The molecule has 3 aromatic rings. The van der Waals surface area contributed by atoms with Gasteiger partial charge in [-0.05, 0) is 37.1 Å². The van der Waals surface area contributed by atoms with Crippen LogP contribution in [0.2, 0.25) is 0 Å². The summed E-state index contributed by atoms with van der Waals surface area (Å²) >= 11 is 0. The number of sulfonamides is 1. The molecule has 0 bridgehead atoms. The molecule has 1 atom stereocenters. The standard InChI is InChI=1S/C21H20F3N5O3S/c22-21(23,24)14-7-1-4-10-17(14)33(31,32)28-19-20(27-16-9-3-2-8-15(16)26-19)29-11-5-6-13(12-29)18(25)30/h1-4,7-10,13H,5-6,11-12H2,(H2,25,30)(H,26,28)/t13-/m1/s1. The second-order valence-electron chi connectivity index (χ2n) is 7.67. The molecule has 1 aromatic heterocycles. The molecule has 0 spiro atoms. The molecule has 12 heteroatoms. The molecule has 1 aliphatic heterocycles. The van der Waals surface area contributed by atoms with Crippen molar-refractivity contribution in [2.45, 2.75) is 23.9 Å². The zero-order chi connectivity index (χ0) is 23.8. The summed E-state index contributed by atoms with van der Waals surface area (Å²) in [5.41, 5.74) is 4.98. The Bertz CT molecular complexity index is 1310. The Morgan fingerprint density at radius 2 is 1.70 bits per heavy atom. The Morgan fingerprint density at radius 3 is 2.36 bits per heavy atom. The van der Waals surface area contributed by atoms with Crippen LogP contribution in [0.5, 0.6) is 0 Å². The van der Waals surface area contributed by atoms with Crippen LogP contribution in [0.4, 0.5) is 24.8 Å². The van der Waals surface area contributed by atoms with E-state index in [2.05, 4.69) is 14.7 Å². The highest BCUT2D eigenvalue weighted by molar-refractivity contribution is 7.92. The van der Waals surface area contributed by atoms with Crippen molar-refractivity contribution in [2.24, 2.45) is 11.7 Å². The minimum absolute atomic E-state index is 0.118. The third kappa shape index (κ3) is 4.70. The first kappa shape index (κ1) is 22.8. The molecule has 174 valence electrons. The number of rotatable bonds is 5. The van der Waals surface area contributed by atoms with Crippen molar-refractivity contribution in [1.82, 2.24) is 9.97 Å². The summed E-state index contributed by atoms with van der Waals surface area (Å²) < 4.78 is 68.6. The SMILES string of the molecule is NC(=O)[C@@H]1CCCN(c2nc3ccccc3nc2NS(=O)(=O)c2ccccc2C(F)(F)F)C1. The molecule has 4 rings (SSSR count). The summed E-state index contributed by atoms with van der Waals surface area (Å²) in [6.45, 7) is 0.640. The van der Waals surface area contributed by atoms with E-state index < -0.39 is 38.5 Å². The molecular weight excluding hydrogens is 459 g/mol. The van der Waals surface area contributed by atoms with Gasteiger partial charge in [0.15, 0.2) is 11.6 Å². The largest absolute Gasteiger partial charge is 0.417 e. The third-order valence-corrected chi connectivity index (χ3v) is 6.79. The molecule has 2 heterocycles. The summed E-state index contributed by atoms with van der Waals surface area (Å²) in [6, 6.07) is 10.6. The number of para-hydroxylation sites is 2. The number of benzene rings is 2. The number of nitrogens with two attached hydrogens (primary N) is 1. The number of alkyl halides is 3. The van der Waals surface area contributed by atoms with Crippen molar-refractivity contribution in [3.8, 4) is 0 Å². The number of amides is 1. The molecular formula is C21H20F3N5O3S. The van der Waals surface area contributed by atoms with Crippen molar-refractivity contribution < 1.29 is 26.4 Å². The lowest BCUT2D eigenvalue weighted by Gasteiger charge is -2.33. The molecule has 0 unspecified atom stereocenters. The zero-order valence-corrected chi connectivity index (χ0v) is 18.0. The van der Waals surface area contributed by atoms with Crippen LogP contribution in [0.15, 0.2) is 53.4 Å². The van der Waals surface area contributed by atoms with E-state index in [1.165, 1.54) is 6.07 Å². The van der Waals surface area contributed by atoms with Gasteiger partial charge in [0.1, 0.15) is 0 Å². The van der Waals surface area contributed by atoms with Gasteiger partial charge in [-0.25, -0.2) is 18.4 Å². The summed E-state index contributed by atoms with van der Waals surface area (Å²) in [7, 11) is -4.68. The summed E-state index contributed by atoms with van der Waals surface area (Å²) in [5.74, 6) is -1.07. The first-order chi connectivity index (χ1) is 15.6. The van der Waals surface area contributed by atoms with Crippen LogP contribution < -0.4 is 15.4 Å². The predicted molar refractivity (Wildman–Crippen MR) is 116 cm³/mol. The number of primary amides is 1. The van der Waals surface area contributed by atoms with Crippen LogP contribution in [-0.2, 0) is 21.0 Å². The van der Waals surface area contributed by atoms with Gasteiger partial charge in [-0.2, -0.15) is 13.2 Å². The smallest absolute Gasteiger partial charge is 0.369 e. The topological polar surface area (TPSA) is 118 Å². The molecule has 3 N–H and O–H groups in total. The molecule has 1 aliphatic rings. The summed E-state index contributed by atoms with van der Waals surface area (Å²) in [4.78, 5) is 21.3. The molecule has 1 fully saturated rings. The predicted octanol–water partition coefficient (Wildman–Crippen LogP) is 3.15. The third-order valence-electron chi connectivity index (χ3n) is 5.39. The first-order valence-corrected chi connectivity index (χ1v) is 11.5. The fraction of sp³-hybridized carbons (Fsp3) is 0.286. The number of piperidine rings is 1. The minimum atomic E-state index is -4.87. The fourth-order valence-corrected chi connectivity index (χ4v) is 5.03. The molecule has 1 saturated heterocycles. The van der Waals surface area contributed by atoms with Gasteiger partial charge in [-0.15, -0.1) is 0 Å². The average Bonchev–Trinajstić information content (AvgIpc) is 2.78. The van der Waals surface area contributed by atoms with E-state index in [0.717, 1.165) is 12.1 Å². The number of aromatic nitrogens is 2. The van der Waals surface area contributed by atoms with Crippen LogP contribution in [-0.4, -0.2) is 37.4 Å². The van der Waals surface area contributed by atoms with E-state index in [-0.39, 0.29) is 18.2 Å². The van der Waals surface area contributed by atoms with Crippen LogP contribution in [0.3, 0.4) is 0 Å². The average molecular weight is 479 g/mol. The maximum atomic E-state index is 13.4. The van der Waals surface area contributed by atoms with E-state index in [1.54, 1.807) is 29.2 Å². The maximum absolute atomic E-state index is 13.4. The van der Waals surface area contributed by atoms with Gasteiger partial charge in [0.25, 0.3) is 10.0 Å². The highest BCUT2D eigenvalue weighted by Crippen LogP contribution is 2.36. The lowest BCUT2D eigenvalue weighted by molar-refractivity contribution is -0.139. The number of fused-ring (bicyclic) bond motifs is 1. The maximum Gasteiger partial charge on any atom is 0.417 e. The number of anilines is 2. The van der Waals surface area contributed by atoms with Crippen molar-refractivity contribution in [1.29, 1.82) is 0 Å². The number of nitrogens with zero attached hydrogens (tertiary/aromatic N) is 3. The van der Waals surface area contributed by atoms with Gasteiger partial charge in [0, 0.05) is 13.1 Å². The zero-order valence-electron chi connectivity index (χ0n) is 17.2. The Labute approximate surface area is 187 Å². The highest BCUT2D eigenvalue weighted by atomic mass is 32.2. The van der Waals surface area contributed by atoms with Crippen LogP contribution in [0.25, 0.3) is 11.0 Å². The molecule has 0 saturated carbocycles. The minimum Gasteiger partial charge on any atom is -0.369 e. The molecule has 2 aromatic carbocycles. The van der Waals surface area contributed by atoms with Crippen molar-refractivity contribution in [2.75, 3.05) is 22.7 Å². The molecule has 0 radical (unpaired) electrons. The Morgan fingerprint density at radius 1 is 1.06 bits per heavy atom. The van der Waals surface area contributed by atoms with Crippen molar-refractivity contribution >= 4 is 38.6 Å². The van der Waals surface area contributed by atoms with E-state index in [0.29, 0.717) is 36.5 Å². The second-order valence-corrected chi connectivity index (χ2v) is 9.32. The monoisotopic (exact) mass is 479 g/mol. The second kappa shape index (κ2) is 8.50. The van der Waals surface area contributed by atoms with E-state index in [9.17, 15) is 26.4 Å². The van der Waals surface area contributed by atoms with Gasteiger partial charge < -0.3 is 10.6 Å². The van der Waals surface area contributed by atoms with Crippen molar-refractivity contribution in [3.05, 3.63) is 54.1 Å². The lowest BCUT2D eigenvalue weighted by atomic mass is 9.97. The normalized spacial score (nSPS) is 17.2. The molecule has 8 nitrogen and oxygen atoms in total. The summed E-state index contributed by atoms with van der Waals surface area (Å²) in [5, 5.41) is 0. The number of hydrogen-bond acceptors (Lipinski definition) is 6. The Hall–Kier alpha value is -3.41. The quantitative estimate of drug-likeness (QED) is 0.581. The van der Waals surface area contributed by atoms with Gasteiger partial charge in [-0.3, -0.25) is 9.52 Å². The number of nitrogens with one attached hydrogen (secondary N) is 1. The number of carbonyl (C=O) groups excluding carboxylic acids is 1. The Kier molecular flexibility index (Phi) is 5.87. The summed E-state index contributed by atoms with van der Waals surface area (Å²) in [6.07, 6.45) is -3.69. The lowest BCUT2D eigenvalue weighted by Crippen LogP contribution is -2.42. The van der Waals surface area contributed by atoms with Crippen LogP contribution in [0.1, 0.15) is 18.4 Å². The highest BCUT2D eigenvalue weighted by Gasteiger charge is 2.37. The Balaban J connectivity index is 1.81. The van der Waals surface area contributed by atoms with Gasteiger partial charge in [0.2, 0.25) is 5.91 Å². The van der Waals surface area contributed by atoms with Crippen LogP contribution >= 0.6 is 0 Å². The fourth-order valence-electron chi connectivity index (χ4n) is 3.80. The molecule has 0 aliphatic carbocycles. The number of hydrogen-bond donors (Lipinski definition) is 2. The first-order valence-electron chi connectivity index (χ1n) is 10.1. The van der Waals surface area contributed by atoms with Crippen molar-refractivity contribution in [3.63, 3.8) is 0 Å². The molecule has 33 heavy (non-hydrogen) atoms. The van der Waals surface area contributed by atoms with E-state index in [1.807, 2.05) is 0 Å². The van der Waals surface area contributed by atoms with Gasteiger partial charge in [0.05, 0.1) is 27.4 Å². The van der Waals surface area contributed by atoms with Gasteiger partial charge in [-0.1, -0.05) is 24.3 Å². The number of halogens is 3. The van der Waals surface area contributed by atoms with E-state index in [4.69, 9.17) is 5.73 Å². The molecule has 1 amide bonds.